The van der Waals surface area contributed by atoms with Crippen LogP contribution in [0.4, 0.5) is 0 Å². The van der Waals surface area contributed by atoms with Crippen molar-refractivity contribution in [2.24, 2.45) is 13.0 Å². The quantitative estimate of drug-likeness (QED) is 0.347. The lowest BCUT2D eigenvalue weighted by molar-refractivity contribution is 0.0919. The number of hydrogen-bond donors (Lipinski definition) is 1. The van der Waals surface area contributed by atoms with Crippen LogP contribution in [-0.2, 0) is 13.6 Å². The van der Waals surface area contributed by atoms with E-state index in [1.807, 2.05) is 65.7 Å². The maximum absolute atomic E-state index is 13.7. The summed E-state index contributed by atoms with van der Waals surface area (Å²) < 4.78 is 5.63. The first-order valence-electron chi connectivity index (χ1n) is 12.9. The minimum Gasteiger partial charge on any atom is -0.349 e. The molecule has 1 aliphatic rings. The predicted octanol–water partition coefficient (Wildman–Crippen LogP) is 5.02. The summed E-state index contributed by atoms with van der Waals surface area (Å²) >= 11 is 6.04. The minimum absolute atomic E-state index is 0.0531. The van der Waals surface area contributed by atoms with E-state index in [0.717, 1.165) is 53.4 Å². The zero-order chi connectivity index (χ0) is 26.4. The van der Waals surface area contributed by atoms with Crippen LogP contribution in [0.3, 0.4) is 0 Å². The Kier molecular flexibility index (Phi) is 6.27. The average molecular weight is 529 g/mol. The highest BCUT2D eigenvalue weighted by Crippen LogP contribution is 2.28. The molecule has 0 aliphatic heterocycles. The average Bonchev–Trinajstić information content (AvgIpc) is 3.42. The molecule has 1 saturated carbocycles. The maximum atomic E-state index is 13.7. The van der Waals surface area contributed by atoms with Crippen LogP contribution >= 0.6 is 11.6 Å². The zero-order valence-corrected chi connectivity index (χ0v) is 22.2. The van der Waals surface area contributed by atoms with Crippen LogP contribution in [0.1, 0.15) is 41.7 Å². The Balaban J connectivity index is 1.20. The number of imidazole rings is 1. The van der Waals surface area contributed by atoms with Gasteiger partial charge < -0.3 is 9.88 Å². The van der Waals surface area contributed by atoms with E-state index in [4.69, 9.17) is 11.6 Å². The van der Waals surface area contributed by atoms with Crippen molar-refractivity contribution < 1.29 is 4.79 Å². The fraction of sp³-hybridized carbons (Fsp3) is 0.310. The Morgan fingerprint density at radius 3 is 2.61 bits per heavy atom. The smallest absolute Gasteiger partial charge is 0.333 e. The van der Waals surface area contributed by atoms with Gasteiger partial charge in [0.15, 0.2) is 0 Å². The molecule has 0 spiro atoms. The highest BCUT2D eigenvalue weighted by molar-refractivity contribution is 6.30. The van der Waals surface area contributed by atoms with Gasteiger partial charge in [-0.15, -0.1) is 0 Å². The van der Waals surface area contributed by atoms with Crippen molar-refractivity contribution in [3.05, 3.63) is 87.8 Å². The number of amides is 1. The molecule has 8 nitrogen and oxygen atoms in total. The van der Waals surface area contributed by atoms with E-state index >= 15 is 0 Å². The molecule has 5 aromatic rings. The Hall–Kier alpha value is -3.91. The second kappa shape index (κ2) is 9.76. The van der Waals surface area contributed by atoms with Gasteiger partial charge in [0.25, 0.3) is 5.91 Å². The molecule has 0 atom stereocenters. The molecule has 1 aromatic carbocycles. The number of carbonyl (C=O) groups is 1. The van der Waals surface area contributed by atoms with Crippen molar-refractivity contribution in [3.8, 4) is 5.69 Å². The van der Waals surface area contributed by atoms with Gasteiger partial charge in [0.05, 0.1) is 39.2 Å². The summed E-state index contributed by atoms with van der Waals surface area (Å²) in [5.41, 5.74) is 4.57. The molecule has 0 bridgehead atoms. The molecule has 9 heteroatoms. The fourth-order valence-electron chi connectivity index (χ4n) is 5.65. The molecule has 4 aromatic heterocycles. The van der Waals surface area contributed by atoms with E-state index in [0.29, 0.717) is 28.7 Å². The highest BCUT2D eigenvalue weighted by Gasteiger charge is 2.26. The minimum atomic E-state index is -0.135. The lowest BCUT2D eigenvalue weighted by Gasteiger charge is -2.29. The number of fused-ring (bicyclic) bond motifs is 2. The van der Waals surface area contributed by atoms with Gasteiger partial charge in [-0.25, -0.2) is 9.78 Å². The van der Waals surface area contributed by atoms with Gasteiger partial charge >= 0.3 is 5.69 Å². The summed E-state index contributed by atoms with van der Waals surface area (Å²) in [6.07, 6.45) is 8.89. The predicted molar refractivity (Wildman–Crippen MR) is 149 cm³/mol. The monoisotopic (exact) mass is 528 g/mol. The van der Waals surface area contributed by atoms with E-state index in [-0.39, 0.29) is 17.6 Å². The Labute approximate surface area is 224 Å². The number of para-hydroxylation sites is 2. The summed E-state index contributed by atoms with van der Waals surface area (Å²) in [6, 6.07) is 13.7. The Morgan fingerprint density at radius 1 is 1.05 bits per heavy atom. The van der Waals surface area contributed by atoms with Gasteiger partial charge in [0.1, 0.15) is 5.65 Å². The molecular weight excluding hydrogens is 500 g/mol. The normalized spacial score (nSPS) is 17.8. The fourth-order valence-corrected chi connectivity index (χ4v) is 5.81. The second-order valence-corrected chi connectivity index (χ2v) is 10.7. The van der Waals surface area contributed by atoms with Crippen LogP contribution in [-0.4, -0.2) is 35.6 Å². The first-order valence-corrected chi connectivity index (χ1v) is 13.3. The third-order valence-corrected chi connectivity index (χ3v) is 7.91. The molecule has 0 unspecified atom stereocenters. The third kappa shape index (κ3) is 4.39. The van der Waals surface area contributed by atoms with Crippen molar-refractivity contribution in [3.63, 3.8) is 0 Å². The van der Waals surface area contributed by atoms with E-state index < -0.39 is 0 Å². The molecule has 4 heterocycles. The lowest BCUT2D eigenvalue weighted by atomic mass is 9.85. The van der Waals surface area contributed by atoms with E-state index in [9.17, 15) is 9.59 Å². The number of halogens is 1. The van der Waals surface area contributed by atoms with Crippen LogP contribution < -0.4 is 11.0 Å². The van der Waals surface area contributed by atoms with Gasteiger partial charge in [0, 0.05) is 37.4 Å². The summed E-state index contributed by atoms with van der Waals surface area (Å²) in [4.78, 5) is 35.3. The summed E-state index contributed by atoms with van der Waals surface area (Å²) in [6.45, 7) is 2.45. The number of nitrogens with one attached hydrogen (secondary N) is 1. The molecule has 1 N–H and O–H groups in total. The van der Waals surface area contributed by atoms with Gasteiger partial charge in [-0.2, -0.15) is 0 Å². The van der Waals surface area contributed by atoms with Crippen molar-refractivity contribution in [2.75, 3.05) is 0 Å². The van der Waals surface area contributed by atoms with Crippen molar-refractivity contribution >= 4 is 39.6 Å². The number of pyridine rings is 2. The SMILES string of the molecule is Cc1ncc(Cl)cc1C(=O)N[C@H]1CC[C@H](Cn2c(=O)n(-c3cnc4c(ccn4C)c3)c3ccccc32)CC1. The molecule has 38 heavy (non-hydrogen) atoms. The summed E-state index contributed by atoms with van der Waals surface area (Å²) in [5, 5.41) is 4.60. The standard InChI is InChI=1S/C29H29ClN6O2/c1-18-24(14-21(30)15-31-18)28(37)33-22-9-7-19(8-10-22)17-35-25-5-3-4-6-26(25)36(29(35)38)23-13-20-11-12-34(2)27(20)32-16-23/h3-6,11-16,19,22H,7-10,17H2,1-2H3,(H,33,37)/t19-,22-. The first-order chi connectivity index (χ1) is 18.4. The number of aryl methyl sites for hydroxylation is 2. The molecule has 6 rings (SSSR count). The number of hydrogen-bond acceptors (Lipinski definition) is 4. The topological polar surface area (TPSA) is 86.7 Å². The molecular formula is C29H29ClN6O2. The van der Waals surface area contributed by atoms with Crippen molar-refractivity contribution in [2.45, 2.75) is 45.2 Å². The second-order valence-electron chi connectivity index (χ2n) is 10.2. The third-order valence-electron chi connectivity index (χ3n) is 7.71. The first kappa shape index (κ1) is 24.4. The Bertz CT molecular complexity index is 1720. The molecule has 1 fully saturated rings. The molecule has 1 aliphatic carbocycles. The van der Waals surface area contributed by atoms with Crippen molar-refractivity contribution in [1.82, 2.24) is 29.0 Å². The number of benzene rings is 1. The van der Waals surface area contributed by atoms with E-state index in [1.165, 1.54) is 0 Å². The number of rotatable bonds is 5. The number of nitrogens with zero attached hydrogens (tertiary/aromatic N) is 5. The molecule has 0 radical (unpaired) electrons. The zero-order valence-electron chi connectivity index (χ0n) is 21.4. The summed E-state index contributed by atoms with van der Waals surface area (Å²) in [7, 11) is 1.96. The van der Waals surface area contributed by atoms with Crippen LogP contribution in [0.15, 0.2) is 65.8 Å². The largest absolute Gasteiger partial charge is 0.349 e. The van der Waals surface area contributed by atoms with E-state index in [2.05, 4.69) is 15.3 Å². The van der Waals surface area contributed by atoms with Gasteiger partial charge in [-0.05, 0) is 68.9 Å². The summed E-state index contributed by atoms with van der Waals surface area (Å²) in [5.74, 6) is 0.216. The molecule has 1 amide bonds. The van der Waals surface area contributed by atoms with Gasteiger partial charge in [0.2, 0.25) is 0 Å². The highest BCUT2D eigenvalue weighted by atomic mass is 35.5. The Morgan fingerprint density at radius 2 is 1.82 bits per heavy atom. The van der Waals surface area contributed by atoms with Gasteiger partial charge in [-0.3, -0.25) is 18.9 Å². The van der Waals surface area contributed by atoms with Gasteiger partial charge in [-0.1, -0.05) is 23.7 Å². The molecule has 194 valence electrons. The maximum Gasteiger partial charge on any atom is 0.333 e. The van der Waals surface area contributed by atoms with Crippen LogP contribution in [0.5, 0.6) is 0 Å². The number of carbonyl (C=O) groups excluding carboxylic acids is 1. The van der Waals surface area contributed by atoms with E-state index in [1.54, 1.807) is 23.0 Å². The van der Waals surface area contributed by atoms with Crippen LogP contribution in [0.2, 0.25) is 5.02 Å². The molecule has 0 saturated heterocycles. The van der Waals surface area contributed by atoms with Crippen molar-refractivity contribution in [1.29, 1.82) is 0 Å². The number of aromatic nitrogens is 5. The lowest BCUT2D eigenvalue weighted by Crippen LogP contribution is -2.39. The van der Waals surface area contributed by atoms with Crippen LogP contribution in [0, 0.1) is 12.8 Å². The van der Waals surface area contributed by atoms with Crippen LogP contribution in [0.25, 0.3) is 27.8 Å².